The van der Waals surface area contributed by atoms with E-state index in [1.807, 2.05) is 0 Å². The topological polar surface area (TPSA) is 91.7 Å². The third kappa shape index (κ3) is 32.2. The lowest BCUT2D eigenvalue weighted by Crippen LogP contribution is -2.08. The Morgan fingerprint density at radius 3 is 0.788 bits per heavy atom. The largest absolute Gasteiger partial charge is 0.468 e. The Bertz CT molecular complexity index is 439. The molecule has 0 heterocycles. The molecular formula is C25H56O5P2S. The maximum Gasteiger partial charge on any atom is 0.449 e. The second kappa shape index (κ2) is 28.5. The Balaban J connectivity index is -0.000000429. The van der Waals surface area contributed by atoms with Crippen LogP contribution in [0.1, 0.15) is 119 Å². The fraction of sp³-hybridized carbons (Fsp3) is 0.960. The van der Waals surface area contributed by atoms with Crippen molar-refractivity contribution in [2.45, 2.75) is 119 Å². The Morgan fingerprint density at radius 2 is 0.697 bits per heavy atom. The summed E-state index contributed by atoms with van der Waals surface area (Å²) in [5, 5.41) is 5.18. The van der Waals surface area contributed by atoms with Gasteiger partial charge in [-0.3, -0.25) is 4.55 Å². The van der Waals surface area contributed by atoms with Gasteiger partial charge in [0.15, 0.2) is 0 Å². The van der Waals surface area contributed by atoms with Crippen LogP contribution in [-0.2, 0) is 10.1 Å². The van der Waals surface area contributed by atoms with Gasteiger partial charge in [-0.25, -0.2) is 4.79 Å². The van der Waals surface area contributed by atoms with E-state index in [1.54, 1.807) is 37.0 Å². The van der Waals surface area contributed by atoms with Gasteiger partial charge in [0.05, 0.1) is 0 Å². The average molecular weight is 531 g/mol. The highest BCUT2D eigenvalue weighted by Gasteiger charge is 2.14. The summed E-state index contributed by atoms with van der Waals surface area (Å²) in [5.74, 6) is 0. The number of carbonyl (C=O) groups is 1. The van der Waals surface area contributed by atoms with E-state index in [0.717, 1.165) is 0 Å². The van der Waals surface area contributed by atoms with Crippen LogP contribution >= 0.6 is 15.8 Å². The number of rotatable bonds is 18. The Hall–Kier alpha value is 0.240. The number of hydrogen-bond acceptors (Lipinski definition) is 3. The highest BCUT2D eigenvalue weighted by atomic mass is 32.2. The van der Waals surface area contributed by atoms with Crippen molar-refractivity contribution in [2.24, 2.45) is 0 Å². The minimum absolute atomic E-state index is 0.422. The van der Waals surface area contributed by atoms with Crippen LogP contribution in [0.4, 0.5) is 4.79 Å². The molecular weight excluding hydrogens is 474 g/mol. The number of carboxylic acid groups (broad SMARTS) is 1. The molecule has 0 aliphatic rings. The van der Waals surface area contributed by atoms with Crippen LogP contribution in [-0.4, -0.2) is 60.3 Å². The molecule has 0 saturated heterocycles. The molecule has 0 bridgehead atoms. The predicted octanol–water partition coefficient (Wildman–Crippen LogP) is 9.29. The van der Waals surface area contributed by atoms with Crippen molar-refractivity contribution in [3.8, 4) is 0 Å². The minimum atomic E-state index is -4.82. The van der Waals surface area contributed by atoms with E-state index in [2.05, 4.69) is 41.5 Å². The molecule has 8 heteroatoms. The molecule has 202 valence electrons. The Morgan fingerprint density at radius 1 is 0.545 bits per heavy atom. The normalized spacial score (nSPS) is 11.1. The van der Waals surface area contributed by atoms with E-state index in [0.29, 0.717) is 15.8 Å². The van der Waals surface area contributed by atoms with Gasteiger partial charge in [-0.1, -0.05) is 80.1 Å². The van der Waals surface area contributed by atoms with E-state index in [9.17, 15) is 13.2 Å². The standard InChI is InChI=1S/2C12H27P.CH2O5S/c2*1-4-7-10-13(11-8-5-2)12-9-6-3;2-1(3)7(4,5)6/h2*4-12H2,1-3H3;(H,2,3)(H,4,5,6). The van der Waals surface area contributed by atoms with Gasteiger partial charge < -0.3 is 5.11 Å². The fourth-order valence-electron chi connectivity index (χ4n) is 2.96. The molecule has 0 fully saturated rings. The molecule has 0 unspecified atom stereocenters. The van der Waals surface area contributed by atoms with Gasteiger partial charge in [0, 0.05) is 0 Å². The van der Waals surface area contributed by atoms with E-state index in [4.69, 9.17) is 9.66 Å². The fourth-order valence-corrected chi connectivity index (χ4v) is 8.88. The molecule has 0 aliphatic heterocycles. The summed E-state index contributed by atoms with van der Waals surface area (Å²) in [6.45, 7) is 13.9. The highest BCUT2D eigenvalue weighted by Crippen LogP contribution is 2.39. The van der Waals surface area contributed by atoms with Crippen LogP contribution < -0.4 is 0 Å². The smallest absolute Gasteiger partial charge is 0.449 e. The van der Waals surface area contributed by atoms with Gasteiger partial charge in [0.2, 0.25) is 0 Å². The molecule has 0 rings (SSSR count). The summed E-state index contributed by atoms with van der Waals surface area (Å²) < 4.78 is 26.0. The first-order chi connectivity index (χ1) is 15.6. The summed E-state index contributed by atoms with van der Waals surface area (Å²) >= 11 is 0. The second-order valence-electron chi connectivity index (χ2n) is 8.55. The third-order valence-electron chi connectivity index (χ3n) is 5.19. The zero-order chi connectivity index (χ0) is 26.0. The van der Waals surface area contributed by atoms with Crippen molar-refractivity contribution in [2.75, 3.05) is 37.0 Å². The quantitative estimate of drug-likeness (QED) is 0.136. The van der Waals surface area contributed by atoms with E-state index < -0.39 is 15.4 Å². The van der Waals surface area contributed by atoms with Gasteiger partial charge in [-0.15, -0.1) is 15.8 Å². The molecule has 0 amide bonds. The molecule has 0 spiro atoms. The lowest BCUT2D eigenvalue weighted by atomic mass is 10.4. The van der Waals surface area contributed by atoms with Crippen molar-refractivity contribution < 1.29 is 22.9 Å². The molecule has 0 atom stereocenters. The van der Waals surface area contributed by atoms with Crippen LogP contribution in [0, 0.1) is 0 Å². The highest BCUT2D eigenvalue weighted by molar-refractivity contribution is 8.00. The van der Waals surface area contributed by atoms with Crippen LogP contribution in [0.15, 0.2) is 0 Å². The molecule has 0 saturated carbocycles. The first kappa shape index (κ1) is 37.8. The zero-order valence-corrected chi connectivity index (χ0v) is 25.3. The third-order valence-corrected chi connectivity index (χ3v) is 11.3. The molecule has 33 heavy (non-hydrogen) atoms. The van der Waals surface area contributed by atoms with Gasteiger partial charge >= 0.3 is 15.4 Å². The number of hydrogen-bond donors (Lipinski definition) is 2. The number of unbranched alkanes of at least 4 members (excludes halogenated alkanes) is 6. The molecule has 2 N–H and O–H groups in total. The van der Waals surface area contributed by atoms with E-state index in [-0.39, 0.29) is 0 Å². The lowest BCUT2D eigenvalue weighted by molar-refractivity contribution is 0.216. The Labute approximate surface area is 209 Å². The van der Waals surface area contributed by atoms with Crippen molar-refractivity contribution in [3.05, 3.63) is 0 Å². The molecule has 0 aliphatic carbocycles. The molecule has 0 aromatic rings. The maximum atomic E-state index is 9.29. The van der Waals surface area contributed by atoms with Crippen LogP contribution in [0.3, 0.4) is 0 Å². The molecule has 0 aromatic carbocycles. The van der Waals surface area contributed by atoms with Crippen molar-refractivity contribution in [3.63, 3.8) is 0 Å². The summed E-state index contributed by atoms with van der Waals surface area (Å²) in [7, 11) is -3.98. The summed E-state index contributed by atoms with van der Waals surface area (Å²) in [4.78, 5) is 9.18. The van der Waals surface area contributed by atoms with E-state index in [1.165, 1.54) is 77.0 Å². The van der Waals surface area contributed by atoms with Crippen LogP contribution in [0.2, 0.25) is 0 Å². The summed E-state index contributed by atoms with van der Waals surface area (Å²) in [6, 6.07) is 0. The van der Waals surface area contributed by atoms with Crippen molar-refractivity contribution in [1.29, 1.82) is 0 Å². The minimum Gasteiger partial charge on any atom is -0.468 e. The SMILES string of the molecule is CCCCP(CCCC)CCCC.CCCCP(CCCC)CCCC.O=C(O)S(=O)(=O)O. The van der Waals surface area contributed by atoms with Gasteiger partial charge in [0.1, 0.15) is 0 Å². The lowest BCUT2D eigenvalue weighted by Gasteiger charge is -2.16. The summed E-state index contributed by atoms with van der Waals surface area (Å²) in [6.07, 6.45) is 26.4. The van der Waals surface area contributed by atoms with Crippen molar-refractivity contribution >= 4 is 31.3 Å². The first-order valence-corrected chi connectivity index (χ1v) is 18.5. The van der Waals surface area contributed by atoms with Crippen LogP contribution in [0.5, 0.6) is 0 Å². The zero-order valence-electron chi connectivity index (χ0n) is 22.6. The summed E-state index contributed by atoms with van der Waals surface area (Å²) in [5.41, 5.74) is 0. The van der Waals surface area contributed by atoms with Crippen LogP contribution in [0.25, 0.3) is 0 Å². The predicted molar refractivity (Wildman–Crippen MR) is 152 cm³/mol. The maximum absolute atomic E-state index is 9.29. The molecule has 0 aromatic heterocycles. The van der Waals surface area contributed by atoms with Gasteiger partial charge in [-0.05, 0) is 75.5 Å². The monoisotopic (exact) mass is 530 g/mol. The molecule has 0 radical (unpaired) electrons. The molecule has 5 nitrogen and oxygen atoms in total. The second-order valence-corrected chi connectivity index (χ2v) is 15.2. The first-order valence-electron chi connectivity index (χ1n) is 13.3. The van der Waals surface area contributed by atoms with Gasteiger partial charge in [-0.2, -0.15) is 8.42 Å². The van der Waals surface area contributed by atoms with Crippen molar-refractivity contribution in [1.82, 2.24) is 0 Å². The van der Waals surface area contributed by atoms with E-state index >= 15 is 0 Å². The van der Waals surface area contributed by atoms with Gasteiger partial charge in [0.25, 0.3) is 0 Å². The average Bonchev–Trinajstić information content (AvgIpc) is 2.78. The Kier molecular flexibility index (Phi) is 32.6.